The minimum absolute atomic E-state index is 0.150. The number of rotatable bonds is 6. The van der Waals surface area contributed by atoms with Crippen molar-refractivity contribution in [1.29, 1.82) is 0 Å². The van der Waals surface area contributed by atoms with Crippen LogP contribution in [0, 0.1) is 11.2 Å². The molecule has 0 unspecified atom stereocenters. The Morgan fingerprint density at radius 1 is 1.39 bits per heavy atom. The molecule has 1 aliphatic carbocycles. The van der Waals surface area contributed by atoms with Gasteiger partial charge in [0.1, 0.15) is 5.82 Å². The second-order valence-corrected chi connectivity index (χ2v) is 8.30. The molecule has 7 heteroatoms. The van der Waals surface area contributed by atoms with E-state index >= 15 is 0 Å². The normalized spacial score (nSPS) is 20.3. The molecule has 1 saturated heterocycles. The van der Waals surface area contributed by atoms with Crippen LogP contribution in [0.1, 0.15) is 40.7 Å². The number of hydrogen-bond acceptors (Lipinski definition) is 4. The number of aromatic nitrogens is 2. The number of nitrogens with zero attached hydrogens (tertiary/aromatic N) is 2. The summed E-state index contributed by atoms with van der Waals surface area (Å²) in [7, 11) is 1.88. The molecule has 1 aromatic heterocycles. The maximum atomic E-state index is 13.8. The number of amides is 1. The minimum Gasteiger partial charge on any atom is -0.380 e. The fourth-order valence-corrected chi connectivity index (χ4v) is 3.99. The number of hydrogen-bond donors (Lipinski definition) is 2. The highest BCUT2D eigenvalue weighted by Crippen LogP contribution is 2.28. The molecule has 0 bridgehead atoms. The number of benzene rings is 1. The Labute approximate surface area is 164 Å². The molecule has 1 atom stereocenters. The molecule has 2 heterocycles. The van der Waals surface area contributed by atoms with Gasteiger partial charge >= 0.3 is 0 Å². The van der Waals surface area contributed by atoms with Crippen molar-refractivity contribution in [3.8, 4) is 0 Å². The third-order valence-electron chi connectivity index (χ3n) is 5.79. The molecule has 0 radical (unpaired) electrons. The number of aryl methyl sites for hydroxylation is 1. The first kappa shape index (κ1) is 19.1. The molecule has 1 aliphatic heterocycles. The molecule has 2 aliphatic rings. The van der Waals surface area contributed by atoms with Crippen LogP contribution in [0.4, 0.5) is 4.39 Å². The third-order valence-corrected chi connectivity index (χ3v) is 5.79. The largest absolute Gasteiger partial charge is 0.380 e. The highest BCUT2D eigenvalue weighted by Gasteiger charge is 2.35. The standard InChI is InChI=1S/C21H27FN4O2/c1-21(12-28-13-21)11-24-15-7-8-18-16(9-15)19(25-26(18)2)20(27)23-10-14-5-3-4-6-17(14)22/h3-6,15,24H,7-13H2,1-2H3,(H,23,27)/t15-/m0/s1. The Kier molecular flexibility index (Phi) is 5.21. The van der Waals surface area contributed by atoms with E-state index in [-0.39, 0.29) is 23.7 Å². The van der Waals surface area contributed by atoms with Crippen LogP contribution in [0.25, 0.3) is 0 Å². The Balaban J connectivity index is 1.43. The molecular formula is C21H27FN4O2. The van der Waals surface area contributed by atoms with Crippen LogP contribution >= 0.6 is 0 Å². The summed E-state index contributed by atoms with van der Waals surface area (Å²) >= 11 is 0. The zero-order valence-electron chi connectivity index (χ0n) is 16.4. The molecule has 6 nitrogen and oxygen atoms in total. The lowest BCUT2D eigenvalue weighted by atomic mass is 9.86. The Morgan fingerprint density at radius 2 is 2.18 bits per heavy atom. The summed E-state index contributed by atoms with van der Waals surface area (Å²) in [6, 6.07) is 6.80. The summed E-state index contributed by atoms with van der Waals surface area (Å²) < 4.78 is 20.9. The van der Waals surface area contributed by atoms with Gasteiger partial charge < -0.3 is 15.4 Å². The van der Waals surface area contributed by atoms with Crippen molar-refractivity contribution in [3.63, 3.8) is 0 Å². The zero-order chi connectivity index (χ0) is 19.7. The molecular weight excluding hydrogens is 359 g/mol. The van der Waals surface area contributed by atoms with E-state index < -0.39 is 0 Å². The van der Waals surface area contributed by atoms with Gasteiger partial charge in [0.2, 0.25) is 0 Å². The molecule has 1 aromatic carbocycles. The molecule has 2 N–H and O–H groups in total. The fraction of sp³-hybridized carbons (Fsp3) is 0.524. The van der Waals surface area contributed by atoms with Crippen molar-refractivity contribution < 1.29 is 13.9 Å². The number of carbonyl (C=O) groups excluding carboxylic acids is 1. The van der Waals surface area contributed by atoms with Crippen molar-refractivity contribution in [3.05, 3.63) is 52.6 Å². The summed E-state index contributed by atoms with van der Waals surface area (Å²) in [6.45, 7) is 4.89. The van der Waals surface area contributed by atoms with Gasteiger partial charge in [-0.2, -0.15) is 5.10 Å². The number of halogens is 1. The lowest BCUT2D eigenvalue weighted by molar-refractivity contribution is -0.100. The summed E-state index contributed by atoms with van der Waals surface area (Å²) in [4.78, 5) is 12.7. The van der Waals surface area contributed by atoms with Gasteiger partial charge in [-0.15, -0.1) is 0 Å². The van der Waals surface area contributed by atoms with Crippen molar-refractivity contribution >= 4 is 5.91 Å². The Morgan fingerprint density at radius 3 is 2.89 bits per heavy atom. The number of nitrogens with one attached hydrogen (secondary N) is 2. The summed E-state index contributed by atoms with van der Waals surface area (Å²) in [6.07, 6.45) is 2.70. The summed E-state index contributed by atoms with van der Waals surface area (Å²) in [5.41, 5.74) is 3.27. The smallest absolute Gasteiger partial charge is 0.272 e. The van der Waals surface area contributed by atoms with Gasteiger partial charge in [-0.3, -0.25) is 9.48 Å². The van der Waals surface area contributed by atoms with Crippen molar-refractivity contribution in [2.45, 2.75) is 38.8 Å². The number of ether oxygens (including phenoxy) is 1. The van der Waals surface area contributed by atoms with Crippen LogP contribution in [0.3, 0.4) is 0 Å². The van der Waals surface area contributed by atoms with Gasteiger partial charge in [-0.25, -0.2) is 4.39 Å². The van der Waals surface area contributed by atoms with Gasteiger partial charge in [-0.1, -0.05) is 25.1 Å². The van der Waals surface area contributed by atoms with E-state index in [1.165, 1.54) is 6.07 Å². The summed E-state index contributed by atoms with van der Waals surface area (Å²) in [5, 5.41) is 10.9. The highest BCUT2D eigenvalue weighted by atomic mass is 19.1. The van der Waals surface area contributed by atoms with E-state index in [4.69, 9.17) is 4.74 Å². The molecule has 0 spiro atoms. The second-order valence-electron chi connectivity index (χ2n) is 8.30. The predicted molar refractivity (Wildman–Crippen MR) is 104 cm³/mol. The second kappa shape index (κ2) is 7.64. The third kappa shape index (κ3) is 3.82. The van der Waals surface area contributed by atoms with E-state index in [0.29, 0.717) is 17.3 Å². The molecule has 150 valence electrons. The Hall–Kier alpha value is -2.25. The van der Waals surface area contributed by atoms with E-state index in [1.807, 2.05) is 11.7 Å². The number of carbonyl (C=O) groups is 1. The van der Waals surface area contributed by atoms with E-state index in [1.54, 1.807) is 18.2 Å². The van der Waals surface area contributed by atoms with Crippen LogP contribution in [0.2, 0.25) is 0 Å². The van der Waals surface area contributed by atoms with Gasteiger partial charge in [0.05, 0.1) is 13.2 Å². The van der Waals surface area contributed by atoms with Crippen LogP contribution in [0.15, 0.2) is 24.3 Å². The van der Waals surface area contributed by atoms with Crippen LogP contribution in [-0.2, 0) is 31.2 Å². The average molecular weight is 386 g/mol. The molecule has 0 saturated carbocycles. The van der Waals surface area contributed by atoms with Crippen LogP contribution < -0.4 is 10.6 Å². The molecule has 28 heavy (non-hydrogen) atoms. The lowest BCUT2D eigenvalue weighted by Gasteiger charge is -2.39. The van der Waals surface area contributed by atoms with Gasteiger partial charge in [-0.05, 0) is 25.3 Å². The van der Waals surface area contributed by atoms with Gasteiger partial charge in [0.25, 0.3) is 5.91 Å². The first-order valence-corrected chi connectivity index (χ1v) is 9.83. The predicted octanol–water partition coefficient (Wildman–Crippen LogP) is 1.97. The van der Waals surface area contributed by atoms with Crippen LogP contribution in [0.5, 0.6) is 0 Å². The van der Waals surface area contributed by atoms with E-state index in [9.17, 15) is 9.18 Å². The lowest BCUT2D eigenvalue weighted by Crippen LogP contribution is -2.50. The first-order valence-electron chi connectivity index (χ1n) is 9.83. The maximum absolute atomic E-state index is 13.8. The molecule has 4 rings (SSSR count). The fourth-order valence-electron chi connectivity index (χ4n) is 3.99. The first-order chi connectivity index (χ1) is 13.5. The van der Waals surface area contributed by atoms with Gasteiger partial charge in [0, 0.05) is 48.4 Å². The van der Waals surface area contributed by atoms with E-state index in [0.717, 1.165) is 50.3 Å². The molecule has 1 amide bonds. The van der Waals surface area contributed by atoms with Gasteiger partial charge in [0.15, 0.2) is 5.69 Å². The van der Waals surface area contributed by atoms with Crippen molar-refractivity contribution in [1.82, 2.24) is 20.4 Å². The minimum atomic E-state index is -0.316. The topological polar surface area (TPSA) is 68.2 Å². The van der Waals surface area contributed by atoms with E-state index in [2.05, 4.69) is 22.7 Å². The quantitative estimate of drug-likeness (QED) is 0.797. The zero-order valence-corrected chi connectivity index (χ0v) is 16.4. The Bertz CT molecular complexity index is 875. The van der Waals surface area contributed by atoms with Crippen LogP contribution in [-0.4, -0.2) is 41.5 Å². The summed E-state index contributed by atoms with van der Waals surface area (Å²) in [5.74, 6) is -0.566. The highest BCUT2D eigenvalue weighted by molar-refractivity contribution is 5.94. The number of fused-ring (bicyclic) bond motifs is 1. The monoisotopic (exact) mass is 386 g/mol. The van der Waals surface area contributed by atoms with Crippen molar-refractivity contribution in [2.24, 2.45) is 12.5 Å². The van der Waals surface area contributed by atoms with Crippen molar-refractivity contribution in [2.75, 3.05) is 19.8 Å². The molecule has 2 aromatic rings. The molecule has 1 fully saturated rings. The maximum Gasteiger partial charge on any atom is 0.272 e. The average Bonchev–Trinajstić information content (AvgIpc) is 3.00. The SMILES string of the molecule is Cn1nc(C(=O)NCc2ccccc2F)c2c1CC[C@H](NCC1(C)COC1)C2.